The van der Waals surface area contributed by atoms with Crippen LogP contribution in [0.3, 0.4) is 0 Å². The molecule has 2 aromatic carbocycles. The number of nitrogens with zero attached hydrogens (tertiary/aromatic N) is 5. The van der Waals surface area contributed by atoms with E-state index in [2.05, 4.69) is 10.1 Å². The standard InChI is InChI=1S/C20H26FN3O5.C12H19ClN2O5.C8H8FN.ClH/c1-20(2,3)29-19(27)22-8-9-24(16(12-22)17(25)28-4)18(26)23-10-13-6-5-7-15(21)14(13)11-23;1-12(2,3)20-11(18)14-5-6-15(10(13)17)8(7-14)9(16)19-4;9-8-3-1-2-6-4-10-5-7(6)8;/h5-7,16H,8-12H2,1-4H3;8H,5-7H2,1-4H3;1-3,10H,4-5H2;1H/t16-;8-;;/m11../s1. The zero-order valence-corrected chi connectivity index (χ0v) is 36.6. The summed E-state index contributed by atoms with van der Waals surface area (Å²) in [6.07, 6.45) is -1.08. The number of carbonyl (C=O) groups excluding carboxylic acids is 6. The molecule has 1 N–H and O–H groups in total. The van der Waals surface area contributed by atoms with E-state index in [1.807, 2.05) is 6.07 Å². The number of fused-ring (bicyclic) bond motifs is 2. The van der Waals surface area contributed by atoms with Crippen LogP contribution in [0.4, 0.5) is 28.0 Å². The van der Waals surface area contributed by atoms with Crippen LogP contribution in [0, 0.1) is 11.6 Å². The summed E-state index contributed by atoms with van der Waals surface area (Å²) in [6, 6.07) is 7.71. The number of esters is 2. The van der Waals surface area contributed by atoms with Crippen molar-refractivity contribution >= 4 is 59.5 Å². The first kappa shape index (κ1) is 49.4. The first-order valence-electron chi connectivity index (χ1n) is 19.0. The van der Waals surface area contributed by atoms with Crippen LogP contribution < -0.4 is 5.32 Å². The Morgan fingerprint density at radius 3 is 1.57 bits per heavy atom. The fourth-order valence-corrected chi connectivity index (χ4v) is 6.85. The lowest BCUT2D eigenvalue weighted by Crippen LogP contribution is -2.61. The Balaban J connectivity index is 0.000000267. The molecule has 2 fully saturated rings. The number of nitrogens with one attached hydrogen (secondary N) is 1. The van der Waals surface area contributed by atoms with Gasteiger partial charge in [0.1, 0.15) is 34.9 Å². The van der Waals surface area contributed by atoms with E-state index in [1.165, 1.54) is 50.9 Å². The Morgan fingerprint density at radius 2 is 1.12 bits per heavy atom. The van der Waals surface area contributed by atoms with Gasteiger partial charge in [-0.1, -0.05) is 24.3 Å². The van der Waals surface area contributed by atoms with Gasteiger partial charge in [-0.3, -0.25) is 4.79 Å². The quantitative estimate of drug-likeness (QED) is 0.172. The number of benzene rings is 2. The van der Waals surface area contributed by atoms with E-state index in [9.17, 15) is 37.5 Å². The summed E-state index contributed by atoms with van der Waals surface area (Å²) >= 11 is 5.43. The first-order chi connectivity index (χ1) is 27.6. The highest BCUT2D eigenvalue weighted by atomic mass is 35.5. The number of hydrogen-bond donors (Lipinski definition) is 1. The molecule has 60 heavy (non-hydrogen) atoms. The average molecular weight is 888 g/mol. The molecule has 0 aliphatic carbocycles. The Hall–Kier alpha value is -4.94. The Kier molecular flexibility index (Phi) is 17.3. The van der Waals surface area contributed by atoms with Crippen LogP contribution in [0.25, 0.3) is 0 Å². The monoisotopic (exact) mass is 886 g/mol. The number of ether oxygens (including phenoxy) is 4. The highest BCUT2D eigenvalue weighted by Gasteiger charge is 2.42. The minimum absolute atomic E-state index is 0. The summed E-state index contributed by atoms with van der Waals surface area (Å²) in [7, 11) is 2.45. The van der Waals surface area contributed by atoms with Crippen molar-refractivity contribution in [2.45, 2.75) is 91.0 Å². The number of carbonyl (C=O) groups is 6. The lowest BCUT2D eigenvalue weighted by Gasteiger charge is -2.41. The van der Waals surface area contributed by atoms with Gasteiger partial charge < -0.3 is 48.8 Å². The summed E-state index contributed by atoms with van der Waals surface area (Å²) in [5.41, 5.74) is 1.87. The van der Waals surface area contributed by atoms with E-state index < -0.39 is 52.8 Å². The predicted molar refractivity (Wildman–Crippen MR) is 217 cm³/mol. The van der Waals surface area contributed by atoms with Gasteiger partial charge in [0.25, 0.3) is 0 Å². The van der Waals surface area contributed by atoms with Crippen molar-refractivity contribution in [1.29, 1.82) is 0 Å². The summed E-state index contributed by atoms with van der Waals surface area (Å²) in [5, 5.41) is 2.34. The number of methoxy groups -OCH3 is 2. The minimum atomic E-state index is -0.956. The third kappa shape index (κ3) is 13.0. The van der Waals surface area contributed by atoms with Crippen molar-refractivity contribution in [2.75, 3.05) is 53.5 Å². The molecule has 0 unspecified atom stereocenters. The molecule has 0 bridgehead atoms. The minimum Gasteiger partial charge on any atom is -0.467 e. The molecular formula is C40H54Cl2F2N6O10. The molecule has 332 valence electrons. The zero-order valence-electron chi connectivity index (χ0n) is 35.1. The summed E-state index contributed by atoms with van der Waals surface area (Å²) in [5.74, 6) is -1.67. The summed E-state index contributed by atoms with van der Waals surface area (Å²) in [4.78, 5) is 79.6. The van der Waals surface area contributed by atoms with Crippen LogP contribution in [-0.2, 0) is 54.7 Å². The largest absolute Gasteiger partial charge is 0.467 e. The van der Waals surface area contributed by atoms with Gasteiger partial charge in [-0.15, -0.1) is 12.4 Å². The van der Waals surface area contributed by atoms with Crippen LogP contribution in [0.15, 0.2) is 36.4 Å². The summed E-state index contributed by atoms with van der Waals surface area (Å²) in [6.45, 7) is 13.2. The van der Waals surface area contributed by atoms with Gasteiger partial charge in [-0.2, -0.15) is 0 Å². The molecule has 6 rings (SSSR count). The van der Waals surface area contributed by atoms with Crippen LogP contribution >= 0.6 is 24.0 Å². The van der Waals surface area contributed by atoms with Gasteiger partial charge in [0, 0.05) is 56.9 Å². The number of rotatable bonds is 2. The highest BCUT2D eigenvalue weighted by Crippen LogP contribution is 2.28. The maximum atomic E-state index is 14.0. The molecule has 2 atom stereocenters. The molecule has 0 saturated carbocycles. The zero-order chi connectivity index (χ0) is 43.8. The lowest BCUT2D eigenvalue weighted by molar-refractivity contribution is -0.148. The maximum absolute atomic E-state index is 14.0. The Morgan fingerprint density at radius 1 is 0.650 bits per heavy atom. The van der Waals surface area contributed by atoms with Gasteiger partial charge in [-0.05, 0) is 76.4 Å². The molecule has 0 aromatic heterocycles. The van der Waals surface area contributed by atoms with Gasteiger partial charge in [0.05, 0.1) is 33.9 Å². The van der Waals surface area contributed by atoms with Crippen molar-refractivity contribution in [2.24, 2.45) is 0 Å². The number of piperazine rings is 2. The van der Waals surface area contributed by atoms with Crippen LogP contribution in [0.2, 0.25) is 0 Å². The molecule has 5 amide bonds. The van der Waals surface area contributed by atoms with E-state index in [-0.39, 0.29) is 82.4 Å². The van der Waals surface area contributed by atoms with Crippen molar-refractivity contribution in [3.8, 4) is 0 Å². The predicted octanol–water partition coefficient (Wildman–Crippen LogP) is 5.65. The number of hydrogen-bond acceptors (Lipinski definition) is 11. The molecule has 0 spiro atoms. The molecule has 4 aliphatic rings. The third-order valence-electron chi connectivity index (χ3n) is 9.51. The van der Waals surface area contributed by atoms with Gasteiger partial charge in [0.15, 0.2) is 0 Å². The van der Waals surface area contributed by atoms with E-state index >= 15 is 0 Å². The number of urea groups is 1. The van der Waals surface area contributed by atoms with Gasteiger partial charge in [0.2, 0.25) is 0 Å². The lowest BCUT2D eigenvalue weighted by atomic mass is 10.1. The van der Waals surface area contributed by atoms with E-state index in [1.54, 1.807) is 59.7 Å². The molecule has 20 heteroatoms. The molecule has 4 aliphatic heterocycles. The first-order valence-corrected chi connectivity index (χ1v) is 19.4. The van der Waals surface area contributed by atoms with Crippen molar-refractivity contribution in [1.82, 2.24) is 29.8 Å². The van der Waals surface area contributed by atoms with Crippen molar-refractivity contribution < 1.29 is 56.5 Å². The van der Waals surface area contributed by atoms with E-state index in [0.29, 0.717) is 12.1 Å². The van der Waals surface area contributed by atoms with Crippen molar-refractivity contribution in [3.63, 3.8) is 0 Å². The smallest absolute Gasteiger partial charge is 0.410 e. The highest BCUT2D eigenvalue weighted by molar-refractivity contribution is 6.63. The van der Waals surface area contributed by atoms with Crippen LogP contribution in [0.1, 0.15) is 63.8 Å². The SMILES string of the molecule is COC(=O)[C@H]1CN(C(=O)OC(C)(C)C)CCN1C(=O)Cl.COC(=O)[C@H]1CN(C(=O)OC(C)(C)C)CCN1C(=O)N1Cc2cccc(F)c2C1.Cl.Fc1cccc2c1CNC2. The summed E-state index contributed by atoms with van der Waals surface area (Å²) < 4.78 is 47.0. The third-order valence-corrected chi connectivity index (χ3v) is 9.73. The van der Waals surface area contributed by atoms with E-state index in [0.717, 1.165) is 23.2 Å². The van der Waals surface area contributed by atoms with Crippen LogP contribution in [-0.4, -0.2) is 137 Å². The molecular weight excluding hydrogens is 833 g/mol. The second-order valence-corrected chi connectivity index (χ2v) is 16.4. The van der Waals surface area contributed by atoms with Gasteiger partial charge in [-0.25, -0.2) is 32.8 Å². The maximum Gasteiger partial charge on any atom is 0.410 e. The molecule has 2 aromatic rings. The fourth-order valence-electron chi connectivity index (χ4n) is 6.65. The molecule has 16 nitrogen and oxygen atoms in total. The van der Waals surface area contributed by atoms with Crippen LogP contribution in [0.5, 0.6) is 0 Å². The molecule has 0 radical (unpaired) electrons. The fraction of sp³-hybridized carbons (Fsp3) is 0.550. The van der Waals surface area contributed by atoms with Gasteiger partial charge >= 0.3 is 35.5 Å². The molecule has 4 heterocycles. The normalized spacial score (nSPS) is 18.3. The Bertz CT molecular complexity index is 1900. The van der Waals surface area contributed by atoms with Crippen molar-refractivity contribution in [3.05, 3.63) is 70.3 Å². The number of halogens is 4. The molecule has 2 saturated heterocycles. The Labute approximate surface area is 359 Å². The number of amides is 5. The second kappa shape index (κ2) is 21.0. The average Bonchev–Trinajstić information content (AvgIpc) is 3.85. The second-order valence-electron chi connectivity index (χ2n) is 16.1. The topological polar surface area (TPSA) is 168 Å². The van der Waals surface area contributed by atoms with E-state index in [4.69, 9.17) is 25.8 Å².